The first-order valence-corrected chi connectivity index (χ1v) is 12.9. The fraction of sp³-hybridized carbons (Fsp3) is 0.269. The van der Waals surface area contributed by atoms with Gasteiger partial charge in [-0.1, -0.05) is 41.9 Å². The normalized spacial score (nSPS) is 15.5. The molecule has 1 aliphatic rings. The minimum atomic E-state index is -3.85. The molecule has 0 aliphatic carbocycles. The van der Waals surface area contributed by atoms with Gasteiger partial charge in [0.05, 0.1) is 10.3 Å². The number of aryl methyl sites for hydroxylation is 2. The number of hydrogen-bond donors (Lipinski definition) is 2. The highest BCUT2D eigenvalue weighted by molar-refractivity contribution is 7.92. The maximum Gasteiger partial charge on any atom is 0.262 e. The van der Waals surface area contributed by atoms with Crippen molar-refractivity contribution >= 4 is 38.9 Å². The summed E-state index contributed by atoms with van der Waals surface area (Å²) in [5.74, 6) is -0.197. The van der Waals surface area contributed by atoms with Crippen molar-refractivity contribution in [3.05, 3.63) is 88.4 Å². The third-order valence-corrected chi connectivity index (χ3v) is 7.96. The number of anilines is 2. The Morgan fingerprint density at radius 3 is 2.32 bits per heavy atom. The maximum absolute atomic E-state index is 13.6. The lowest BCUT2D eigenvalue weighted by Crippen LogP contribution is -2.44. The second-order valence-corrected chi connectivity index (χ2v) is 10.7. The van der Waals surface area contributed by atoms with Gasteiger partial charge in [-0.2, -0.15) is 0 Å². The Bertz CT molecular complexity index is 1300. The molecule has 0 spiro atoms. The number of carbonyl (C=O) groups is 1. The van der Waals surface area contributed by atoms with Gasteiger partial charge in [0.25, 0.3) is 10.0 Å². The lowest BCUT2D eigenvalue weighted by Gasteiger charge is -2.36. The molecule has 0 radical (unpaired) electrons. The molecule has 1 saturated heterocycles. The van der Waals surface area contributed by atoms with Crippen LogP contribution in [0.5, 0.6) is 0 Å². The predicted molar refractivity (Wildman–Crippen MR) is 135 cm³/mol. The third kappa shape index (κ3) is 5.12. The summed E-state index contributed by atoms with van der Waals surface area (Å²) in [4.78, 5) is 13.7. The van der Waals surface area contributed by atoms with Crippen molar-refractivity contribution in [2.45, 2.75) is 37.0 Å². The number of ether oxygens (including phenoxy) is 1. The zero-order valence-corrected chi connectivity index (χ0v) is 20.7. The highest BCUT2D eigenvalue weighted by Gasteiger charge is 2.41. The number of hydrogen-bond acceptors (Lipinski definition) is 4. The zero-order chi connectivity index (χ0) is 24.3. The molecular weight excluding hydrogens is 472 g/mol. The van der Waals surface area contributed by atoms with Crippen LogP contribution >= 0.6 is 11.6 Å². The quantitative estimate of drug-likeness (QED) is 0.473. The van der Waals surface area contributed by atoms with Gasteiger partial charge in [-0.05, 0) is 79.8 Å². The molecule has 1 fully saturated rings. The van der Waals surface area contributed by atoms with E-state index in [1.807, 2.05) is 25.1 Å². The largest absolute Gasteiger partial charge is 0.381 e. The number of sulfonamides is 1. The number of halogens is 1. The van der Waals surface area contributed by atoms with Crippen molar-refractivity contribution in [2.24, 2.45) is 0 Å². The zero-order valence-electron chi connectivity index (χ0n) is 19.1. The number of amides is 1. The molecular formula is C26H27ClN2O4S. The first-order chi connectivity index (χ1) is 16.2. The van der Waals surface area contributed by atoms with E-state index in [1.165, 1.54) is 6.07 Å². The van der Waals surface area contributed by atoms with Crippen LogP contribution in [-0.2, 0) is 25.0 Å². The fourth-order valence-corrected chi connectivity index (χ4v) is 5.72. The molecule has 0 saturated carbocycles. The van der Waals surface area contributed by atoms with E-state index in [1.54, 1.807) is 49.4 Å². The lowest BCUT2D eigenvalue weighted by molar-refractivity contribution is -0.125. The summed E-state index contributed by atoms with van der Waals surface area (Å²) in [7, 11) is -3.85. The van der Waals surface area contributed by atoms with E-state index in [-0.39, 0.29) is 10.8 Å². The molecule has 1 aliphatic heterocycles. The van der Waals surface area contributed by atoms with E-state index in [9.17, 15) is 13.2 Å². The Hall–Kier alpha value is -2.87. The van der Waals surface area contributed by atoms with E-state index in [0.29, 0.717) is 48.0 Å². The maximum atomic E-state index is 13.6. The standard InChI is InChI=1S/C26H27ClN2O4S/c1-18-4-3-5-23(16-18)29-34(31,32)24-17-22(11-6-19(24)2)28-25(30)26(12-14-33-15-13-26)20-7-9-21(27)10-8-20/h3-11,16-17,29H,12-15H2,1-2H3,(H,28,30). The summed E-state index contributed by atoms with van der Waals surface area (Å²) < 4.78 is 34.4. The molecule has 4 rings (SSSR count). The van der Waals surface area contributed by atoms with E-state index < -0.39 is 15.4 Å². The van der Waals surface area contributed by atoms with Crippen molar-refractivity contribution < 1.29 is 17.9 Å². The first kappa shape index (κ1) is 24.3. The van der Waals surface area contributed by atoms with Crippen LogP contribution < -0.4 is 10.0 Å². The third-order valence-electron chi connectivity index (χ3n) is 6.18. The van der Waals surface area contributed by atoms with Crippen LogP contribution in [0.3, 0.4) is 0 Å². The van der Waals surface area contributed by atoms with Gasteiger partial charge >= 0.3 is 0 Å². The van der Waals surface area contributed by atoms with Crippen molar-refractivity contribution in [3.8, 4) is 0 Å². The van der Waals surface area contributed by atoms with E-state index in [4.69, 9.17) is 16.3 Å². The Kier molecular flexibility index (Phi) is 6.98. The van der Waals surface area contributed by atoms with Crippen LogP contribution in [0.25, 0.3) is 0 Å². The number of benzene rings is 3. The van der Waals surface area contributed by atoms with Crippen LogP contribution in [0.2, 0.25) is 5.02 Å². The second kappa shape index (κ2) is 9.78. The molecule has 1 heterocycles. The molecule has 3 aromatic carbocycles. The average molecular weight is 499 g/mol. The average Bonchev–Trinajstić information content (AvgIpc) is 2.81. The first-order valence-electron chi connectivity index (χ1n) is 11.0. The molecule has 34 heavy (non-hydrogen) atoms. The second-order valence-electron chi connectivity index (χ2n) is 8.61. The molecule has 0 atom stereocenters. The van der Waals surface area contributed by atoms with Crippen molar-refractivity contribution in [1.29, 1.82) is 0 Å². The Morgan fingerprint density at radius 2 is 1.65 bits per heavy atom. The SMILES string of the molecule is Cc1cccc(NS(=O)(=O)c2cc(NC(=O)C3(c4ccc(Cl)cc4)CCOCC3)ccc2C)c1. The van der Waals surface area contributed by atoms with Crippen LogP contribution in [-0.4, -0.2) is 27.5 Å². The van der Waals surface area contributed by atoms with Gasteiger partial charge in [0.15, 0.2) is 0 Å². The Balaban J connectivity index is 1.63. The van der Waals surface area contributed by atoms with Crippen molar-refractivity contribution in [2.75, 3.05) is 23.3 Å². The summed E-state index contributed by atoms with van der Waals surface area (Å²) in [6.07, 6.45) is 1.04. The summed E-state index contributed by atoms with van der Waals surface area (Å²) in [5.41, 5.74) is 2.50. The number of nitrogens with one attached hydrogen (secondary N) is 2. The van der Waals surface area contributed by atoms with Gasteiger partial charge in [0.2, 0.25) is 5.91 Å². The molecule has 0 bridgehead atoms. The Labute approximate surface area is 205 Å². The molecule has 2 N–H and O–H groups in total. The van der Waals surface area contributed by atoms with Crippen molar-refractivity contribution in [1.82, 2.24) is 0 Å². The van der Waals surface area contributed by atoms with E-state index >= 15 is 0 Å². The van der Waals surface area contributed by atoms with Crippen LogP contribution in [0.15, 0.2) is 71.6 Å². The fourth-order valence-electron chi connectivity index (χ4n) is 4.27. The summed E-state index contributed by atoms with van der Waals surface area (Å²) in [6.45, 7) is 4.55. The van der Waals surface area contributed by atoms with Gasteiger partial charge in [-0.3, -0.25) is 9.52 Å². The molecule has 1 amide bonds. The molecule has 6 nitrogen and oxygen atoms in total. The smallest absolute Gasteiger partial charge is 0.262 e. The molecule has 178 valence electrons. The Morgan fingerprint density at radius 1 is 0.941 bits per heavy atom. The molecule has 0 aromatic heterocycles. The van der Waals surface area contributed by atoms with Crippen LogP contribution in [0.1, 0.15) is 29.5 Å². The van der Waals surface area contributed by atoms with Gasteiger partial charge in [0, 0.05) is 29.6 Å². The van der Waals surface area contributed by atoms with Gasteiger partial charge in [0.1, 0.15) is 0 Å². The lowest BCUT2D eigenvalue weighted by atomic mass is 9.73. The summed E-state index contributed by atoms with van der Waals surface area (Å²) >= 11 is 6.06. The molecule has 3 aromatic rings. The van der Waals surface area contributed by atoms with Gasteiger partial charge < -0.3 is 10.1 Å². The van der Waals surface area contributed by atoms with Crippen LogP contribution in [0, 0.1) is 13.8 Å². The molecule has 8 heteroatoms. The van der Waals surface area contributed by atoms with Gasteiger partial charge in [-0.25, -0.2) is 8.42 Å². The van der Waals surface area contributed by atoms with Crippen LogP contribution in [0.4, 0.5) is 11.4 Å². The van der Waals surface area contributed by atoms with Gasteiger partial charge in [-0.15, -0.1) is 0 Å². The predicted octanol–water partition coefficient (Wildman–Crippen LogP) is 5.44. The minimum absolute atomic E-state index is 0.110. The number of rotatable bonds is 6. The van der Waals surface area contributed by atoms with E-state index in [2.05, 4.69) is 10.0 Å². The van der Waals surface area contributed by atoms with Crippen molar-refractivity contribution in [3.63, 3.8) is 0 Å². The minimum Gasteiger partial charge on any atom is -0.381 e. The van der Waals surface area contributed by atoms with E-state index in [0.717, 1.165) is 11.1 Å². The molecule has 0 unspecified atom stereocenters. The summed E-state index contributed by atoms with van der Waals surface area (Å²) in [5, 5.41) is 3.56. The summed E-state index contributed by atoms with van der Waals surface area (Å²) in [6, 6.07) is 19.3. The topological polar surface area (TPSA) is 84.5 Å². The highest BCUT2D eigenvalue weighted by atomic mass is 35.5. The number of carbonyl (C=O) groups excluding carboxylic acids is 1. The highest BCUT2D eigenvalue weighted by Crippen LogP contribution is 2.37. The monoisotopic (exact) mass is 498 g/mol.